The third kappa shape index (κ3) is 2.62. The highest BCUT2D eigenvalue weighted by molar-refractivity contribution is 6.23. The maximum Gasteiger partial charge on any atom is 0.267 e. The van der Waals surface area contributed by atoms with E-state index < -0.39 is 0 Å². The van der Waals surface area contributed by atoms with Crippen LogP contribution in [0.2, 0.25) is 0 Å². The van der Waals surface area contributed by atoms with E-state index in [-0.39, 0.29) is 5.56 Å². The molecule has 0 aliphatic heterocycles. The molecule has 0 N–H and O–H groups in total. The molecule has 0 amide bonds. The van der Waals surface area contributed by atoms with Crippen LogP contribution in [0.1, 0.15) is 0 Å². The van der Waals surface area contributed by atoms with Crippen LogP contribution in [-0.2, 0) is 0 Å². The number of para-hydroxylation sites is 1. The monoisotopic (exact) mass is 449 g/mol. The van der Waals surface area contributed by atoms with Crippen LogP contribution in [0.5, 0.6) is 11.5 Å². The van der Waals surface area contributed by atoms with Gasteiger partial charge in [0.05, 0.1) is 36.2 Å². The highest BCUT2D eigenvalue weighted by atomic mass is 16.5. The number of methoxy groups -OCH3 is 2. The van der Waals surface area contributed by atoms with Gasteiger partial charge in [-0.15, -0.1) is 0 Å². The summed E-state index contributed by atoms with van der Waals surface area (Å²) in [5, 5.41) is 3.25. The fourth-order valence-corrected chi connectivity index (χ4v) is 5.01. The van der Waals surface area contributed by atoms with Crippen molar-refractivity contribution in [1.82, 2.24) is 9.38 Å². The van der Waals surface area contributed by atoms with Gasteiger partial charge in [-0.2, -0.15) is 0 Å². The van der Waals surface area contributed by atoms with Gasteiger partial charge >= 0.3 is 0 Å². The zero-order valence-corrected chi connectivity index (χ0v) is 19.4. The van der Waals surface area contributed by atoms with E-state index in [4.69, 9.17) is 14.5 Å². The number of fused-ring (bicyclic) bond motifs is 5. The number of pyridine rings is 2. The normalized spacial score (nSPS) is 11.6. The zero-order valence-electron chi connectivity index (χ0n) is 19.4. The molecule has 168 valence electrons. The van der Waals surface area contributed by atoms with Gasteiger partial charge in [0.15, 0.2) is 11.5 Å². The van der Waals surface area contributed by atoms with Gasteiger partial charge in [0.25, 0.3) is 5.56 Å². The molecule has 6 rings (SSSR count). The van der Waals surface area contributed by atoms with Gasteiger partial charge in [-0.05, 0) is 35.9 Å². The Hall–Kier alpha value is -4.32. The van der Waals surface area contributed by atoms with Crippen molar-refractivity contribution in [3.63, 3.8) is 0 Å². The van der Waals surface area contributed by atoms with E-state index in [1.165, 1.54) is 0 Å². The van der Waals surface area contributed by atoms with E-state index in [0.29, 0.717) is 16.9 Å². The molecule has 3 heterocycles. The molecule has 0 radical (unpaired) electrons. The summed E-state index contributed by atoms with van der Waals surface area (Å²) in [6.07, 6.45) is 1.91. The Labute approximate surface area is 195 Å². The number of nitrogens with zero attached hydrogens (tertiary/aromatic N) is 3. The summed E-state index contributed by atoms with van der Waals surface area (Å²) in [6, 6.07) is 20.1. The lowest BCUT2D eigenvalue weighted by Gasteiger charge is -2.14. The average molecular weight is 450 g/mol. The molecule has 0 bridgehead atoms. The maximum atomic E-state index is 14.0. The van der Waals surface area contributed by atoms with Crippen LogP contribution in [0.15, 0.2) is 71.7 Å². The van der Waals surface area contributed by atoms with Crippen molar-refractivity contribution in [2.75, 3.05) is 33.2 Å². The van der Waals surface area contributed by atoms with Crippen LogP contribution in [0.3, 0.4) is 0 Å². The summed E-state index contributed by atoms with van der Waals surface area (Å²) < 4.78 is 12.9. The third-order valence-electron chi connectivity index (χ3n) is 6.60. The summed E-state index contributed by atoms with van der Waals surface area (Å²) >= 11 is 0. The summed E-state index contributed by atoms with van der Waals surface area (Å²) in [6.45, 7) is 0. The molecule has 0 aliphatic carbocycles. The Kier molecular flexibility index (Phi) is 4.39. The van der Waals surface area contributed by atoms with Gasteiger partial charge in [-0.1, -0.05) is 30.3 Å². The number of ether oxygens (including phenoxy) is 2. The highest BCUT2D eigenvalue weighted by Crippen LogP contribution is 2.42. The van der Waals surface area contributed by atoms with Gasteiger partial charge in [0, 0.05) is 47.7 Å². The van der Waals surface area contributed by atoms with Crippen molar-refractivity contribution in [1.29, 1.82) is 0 Å². The summed E-state index contributed by atoms with van der Waals surface area (Å²) in [4.78, 5) is 20.9. The fraction of sp³-hybridized carbons (Fsp3) is 0.143. The predicted octanol–water partition coefficient (Wildman–Crippen LogP) is 5.34. The van der Waals surface area contributed by atoms with Gasteiger partial charge in [-0.3, -0.25) is 14.2 Å². The molecule has 0 spiro atoms. The lowest BCUT2D eigenvalue weighted by atomic mass is 9.99. The van der Waals surface area contributed by atoms with Gasteiger partial charge < -0.3 is 14.4 Å². The Morgan fingerprint density at radius 3 is 2.32 bits per heavy atom. The highest BCUT2D eigenvalue weighted by Gasteiger charge is 2.24. The van der Waals surface area contributed by atoms with Crippen LogP contribution in [0, 0.1) is 0 Å². The van der Waals surface area contributed by atoms with Gasteiger partial charge in [0.1, 0.15) is 0 Å². The molecule has 0 saturated heterocycles. The number of anilines is 1. The molecule has 3 aromatic heterocycles. The minimum Gasteiger partial charge on any atom is -0.493 e. The second-order valence-electron chi connectivity index (χ2n) is 8.57. The van der Waals surface area contributed by atoms with Crippen molar-refractivity contribution < 1.29 is 9.47 Å². The summed E-state index contributed by atoms with van der Waals surface area (Å²) in [7, 11) is 7.17. The molecule has 3 aromatic carbocycles. The number of benzene rings is 3. The van der Waals surface area contributed by atoms with E-state index in [1.807, 2.05) is 50.6 Å². The molecule has 0 unspecified atom stereocenters. The molecule has 6 aromatic rings. The molecule has 6 nitrogen and oxygen atoms in total. The fourth-order valence-electron chi connectivity index (χ4n) is 5.01. The number of rotatable bonds is 4. The quantitative estimate of drug-likeness (QED) is 0.340. The molecule has 34 heavy (non-hydrogen) atoms. The molecule has 0 atom stereocenters. The van der Waals surface area contributed by atoms with Gasteiger partial charge in [0.2, 0.25) is 0 Å². The second-order valence-corrected chi connectivity index (χ2v) is 8.57. The Morgan fingerprint density at radius 1 is 0.853 bits per heavy atom. The van der Waals surface area contributed by atoms with Crippen LogP contribution < -0.4 is 19.9 Å². The first-order chi connectivity index (χ1) is 16.5. The van der Waals surface area contributed by atoms with Crippen molar-refractivity contribution >= 4 is 43.8 Å². The van der Waals surface area contributed by atoms with Crippen molar-refractivity contribution in [2.45, 2.75) is 0 Å². The van der Waals surface area contributed by atoms with Crippen molar-refractivity contribution in [3.05, 3.63) is 77.2 Å². The van der Waals surface area contributed by atoms with Crippen LogP contribution >= 0.6 is 0 Å². The van der Waals surface area contributed by atoms with Gasteiger partial charge in [-0.25, -0.2) is 0 Å². The van der Waals surface area contributed by atoms with E-state index in [0.717, 1.165) is 49.5 Å². The summed E-state index contributed by atoms with van der Waals surface area (Å²) in [5.74, 6) is 0.940. The van der Waals surface area contributed by atoms with Crippen LogP contribution in [0.4, 0.5) is 5.69 Å². The summed E-state index contributed by atoms with van der Waals surface area (Å²) in [5.41, 5.74) is 5.45. The molecule has 0 aliphatic rings. The first kappa shape index (κ1) is 20.3. The van der Waals surface area contributed by atoms with E-state index in [2.05, 4.69) is 35.2 Å². The zero-order chi connectivity index (χ0) is 23.6. The van der Waals surface area contributed by atoms with Crippen molar-refractivity contribution in [3.8, 4) is 22.6 Å². The minimum atomic E-state index is -0.147. The molecular weight excluding hydrogens is 426 g/mol. The Balaban J connectivity index is 1.82. The standard InChI is InChI=1S/C28H23N3O3/c1-30(2)17-11-9-16(10-12-17)20-15-29-25-19-13-14-22(33-3)27(34-4)24(19)28(32)31-21-8-6-5-7-18(21)23(20)26(25)31/h5-15H,1-4H3. The molecule has 0 fully saturated rings. The van der Waals surface area contributed by atoms with Crippen molar-refractivity contribution in [2.24, 2.45) is 0 Å². The first-order valence-corrected chi connectivity index (χ1v) is 11.0. The van der Waals surface area contributed by atoms with E-state index in [1.54, 1.807) is 18.6 Å². The first-order valence-electron chi connectivity index (χ1n) is 11.0. The Morgan fingerprint density at radius 2 is 1.62 bits per heavy atom. The molecule has 0 saturated carbocycles. The van der Waals surface area contributed by atoms with Crippen LogP contribution in [0.25, 0.3) is 49.2 Å². The number of hydrogen-bond acceptors (Lipinski definition) is 5. The van der Waals surface area contributed by atoms with Crippen LogP contribution in [-0.4, -0.2) is 37.7 Å². The minimum absolute atomic E-state index is 0.147. The maximum absolute atomic E-state index is 14.0. The number of hydrogen-bond donors (Lipinski definition) is 0. The van der Waals surface area contributed by atoms with E-state index >= 15 is 0 Å². The Bertz CT molecular complexity index is 1770. The number of aromatic nitrogens is 2. The smallest absolute Gasteiger partial charge is 0.267 e. The second kappa shape index (κ2) is 7.35. The molecular formula is C28H23N3O3. The molecule has 6 heteroatoms. The third-order valence-corrected chi connectivity index (χ3v) is 6.60. The largest absolute Gasteiger partial charge is 0.493 e. The average Bonchev–Trinajstić information content (AvgIpc) is 3.22. The lowest BCUT2D eigenvalue weighted by Crippen LogP contribution is -2.14. The topological polar surface area (TPSA) is 56.1 Å². The SMILES string of the molecule is COc1ccc2c(c1OC)c(=O)n1c3ccccc3c3c(-c4ccc(N(C)C)cc4)cnc2c31. The lowest BCUT2D eigenvalue weighted by molar-refractivity contribution is 0.358. The van der Waals surface area contributed by atoms with E-state index in [9.17, 15) is 4.79 Å². The predicted molar refractivity (Wildman–Crippen MR) is 138 cm³/mol.